The molecular formula is C26H24N2. The average Bonchev–Trinajstić information content (AvgIpc) is 3.01. The number of fused-ring (bicyclic) bond motifs is 3. The predicted molar refractivity (Wildman–Crippen MR) is 119 cm³/mol. The Morgan fingerprint density at radius 3 is 1.86 bits per heavy atom. The van der Waals surface area contributed by atoms with Gasteiger partial charge in [-0.05, 0) is 58.5 Å². The zero-order chi connectivity index (χ0) is 19.7. The Balaban J connectivity index is 2.13. The average molecular weight is 364 g/mol. The fraction of sp³-hybridized carbons (Fsp3) is 0.0769. The molecule has 0 fully saturated rings. The molecule has 2 heteroatoms. The van der Waals surface area contributed by atoms with Crippen LogP contribution in [0.15, 0.2) is 109 Å². The van der Waals surface area contributed by atoms with Crippen molar-refractivity contribution >= 4 is 5.69 Å². The lowest BCUT2D eigenvalue weighted by atomic mass is 9.67. The van der Waals surface area contributed by atoms with Gasteiger partial charge in [-0.25, -0.2) is 0 Å². The first-order valence-electron chi connectivity index (χ1n) is 9.43. The summed E-state index contributed by atoms with van der Waals surface area (Å²) in [5, 5.41) is 0. The largest absolute Gasteiger partial charge is 0.399 e. The van der Waals surface area contributed by atoms with Gasteiger partial charge in [-0.1, -0.05) is 79.4 Å². The van der Waals surface area contributed by atoms with Crippen LogP contribution in [0.1, 0.15) is 23.6 Å². The predicted octanol–water partition coefficient (Wildman–Crippen LogP) is 5.56. The van der Waals surface area contributed by atoms with Gasteiger partial charge in [0.1, 0.15) is 0 Å². The highest BCUT2D eigenvalue weighted by atomic mass is 14.6. The summed E-state index contributed by atoms with van der Waals surface area (Å²) in [5.74, 6) is 0. The van der Waals surface area contributed by atoms with Crippen molar-refractivity contribution in [2.45, 2.75) is 12.3 Å². The quantitative estimate of drug-likeness (QED) is 0.470. The van der Waals surface area contributed by atoms with Crippen LogP contribution in [0.25, 0.3) is 11.1 Å². The minimum Gasteiger partial charge on any atom is -0.399 e. The lowest BCUT2D eigenvalue weighted by molar-refractivity contribution is 0.765. The van der Waals surface area contributed by atoms with E-state index in [2.05, 4.69) is 86.3 Å². The maximum atomic E-state index is 6.01. The van der Waals surface area contributed by atoms with Crippen molar-refractivity contribution in [3.63, 3.8) is 0 Å². The van der Waals surface area contributed by atoms with Crippen LogP contribution in [0.3, 0.4) is 0 Å². The van der Waals surface area contributed by atoms with Crippen LogP contribution in [0, 0.1) is 0 Å². The highest BCUT2D eigenvalue weighted by molar-refractivity contribution is 5.86. The minimum absolute atomic E-state index is 0.429. The van der Waals surface area contributed by atoms with Gasteiger partial charge < -0.3 is 11.5 Å². The Labute approximate surface area is 166 Å². The molecule has 4 rings (SSSR count). The lowest BCUT2D eigenvalue weighted by Gasteiger charge is -2.34. The van der Waals surface area contributed by atoms with Crippen LogP contribution in [0.2, 0.25) is 0 Å². The Morgan fingerprint density at radius 1 is 0.821 bits per heavy atom. The molecule has 4 N–H and O–H groups in total. The molecule has 0 saturated heterocycles. The fourth-order valence-corrected chi connectivity index (χ4v) is 4.39. The number of hydrogen-bond donors (Lipinski definition) is 2. The molecule has 0 unspecified atom stereocenters. The van der Waals surface area contributed by atoms with E-state index in [1.807, 2.05) is 18.2 Å². The standard InChI is InChI=1S/C26H24N2/c1-3-19(13-12-18(2)27)26(20-14-16-21(28)17-15-20)24-10-6-4-8-22(24)23-9-5-7-11-25(23)26/h3-17H,2,27-28H2,1H3/b13-12-,19-3+. The van der Waals surface area contributed by atoms with Crippen molar-refractivity contribution in [1.82, 2.24) is 0 Å². The van der Waals surface area contributed by atoms with Gasteiger partial charge in [0.2, 0.25) is 0 Å². The molecule has 1 aliphatic carbocycles. The third-order valence-electron chi connectivity index (χ3n) is 5.52. The number of nitrogens with two attached hydrogens (primary N) is 2. The molecule has 0 radical (unpaired) electrons. The molecular weight excluding hydrogens is 340 g/mol. The Bertz CT molecular complexity index is 1060. The summed E-state index contributed by atoms with van der Waals surface area (Å²) in [6, 6.07) is 25.5. The highest BCUT2D eigenvalue weighted by Gasteiger charge is 2.46. The number of nitrogen functional groups attached to an aromatic ring is 1. The molecule has 0 aromatic heterocycles. The number of anilines is 1. The molecule has 0 heterocycles. The Kier molecular flexibility index (Phi) is 4.40. The third kappa shape index (κ3) is 2.57. The van der Waals surface area contributed by atoms with E-state index >= 15 is 0 Å². The van der Waals surface area contributed by atoms with Gasteiger partial charge in [-0.2, -0.15) is 0 Å². The van der Waals surface area contributed by atoms with Gasteiger partial charge in [0.15, 0.2) is 0 Å². The normalized spacial score (nSPS) is 14.7. The van der Waals surface area contributed by atoms with Gasteiger partial charge in [0.25, 0.3) is 0 Å². The zero-order valence-corrected chi connectivity index (χ0v) is 16.0. The monoisotopic (exact) mass is 364 g/mol. The van der Waals surface area contributed by atoms with Gasteiger partial charge in [0.05, 0.1) is 5.41 Å². The van der Waals surface area contributed by atoms with Crippen molar-refractivity contribution in [2.75, 3.05) is 5.73 Å². The summed E-state index contributed by atoms with van der Waals surface area (Å²) in [6.07, 6.45) is 6.12. The maximum absolute atomic E-state index is 6.01. The van der Waals surface area contributed by atoms with Crippen molar-refractivity contribution in [3.05, 3.63) is 126 Å². The summed E-state index contributed by atoms with van der Waals surface area (Å²) >= 11 is 0. The van der Waals surface area contributed by atoms with Crippen LogP contribution in [-0.2, 0) is 5.41 Å². The molecule has 28 heavy (non-hydrogen) atoms. The molecule has 3 aromatic rings. The zero-order valence-electron chi connectivity index (χ0n) is 16.0. The number of allylic oxidation sites excluding steroid dienone is 4. The van der Waals surface area contributed by atoms with Crippen molar-refractivity contribution < 1.29 is 0 Å². The van der Waals surface area contributed by atoms with E-state index in [0.29, 0.717) is 5.70 Å². The minimum atomic E-state index is -0.429. The Morgan fingerprint density at radius 2 is 1.36 bits per heavy atom. The number of rotatable bonds is 4. The van der Waals surface area contributed by atoms with E-state index in [1.54, 1.807) is 0 Å². The second-order valence-corrected chi connectivity index (χ2v) is 7.12. The lowest BCUT2D eigenvalue weighted by Crippen LogP contribution is -2.29. The molecule has 0 atom stereocenters. The maximum Gasteiger partial charge on any atom is 0.0710 e. The molecule has 2 nitrogen and oxygen atoms in total. The molecule has 1 aliphatic rings. The summed E-state index contributed by atoms with van der Waals surface area (Å²) < 4.78 is 0. The van der Waals surface area contributed by atoms with Crippen LogP contribution in [0.5, 0.6) is 0 Å². The van der Waals surface area contributed by atoms with E-state index < -0.39 is 5.41 Å². The fourth-order valence-electron chi connectivity index (χ4n) is 4.39. The van der Waals surface area contributed by atoms with Crippen LogP contribution in [0.4, 0.5) is 5.69 Å². The summed E-state index contributed by atoms with van der Waals surface area (Å²) in [6.45, 7) is 5.90. The topological polar surface area (TPSA) is 52.0 Å². The first-order valence-corrected chi connectivity index (χ1v) is 9.43. The number of hydrogen-bond acceptors (Lipinski definition) is 2. The molecule has 3 aromatic carbocycles. The van der Waals surface area contributed by atoms with Gasteiger partial charge >= 0.3 is 0 Å². The summed E-state index contributed by atoms with van der Waals surface area (Å²) in [4.78, 5) is 0. The molecule has 0 amide bonds. The van der Waals surface area contributed by atoms with Crippen LogP contribution in [-0.4, -0.2) is 0 Å². The highest BCUT2D eigenvalue weighted by Crippen LogP contribution is 2.56. The van der Waals surface area contributed by atoms with Crippen molar-refractivity contribution in [3.8, 4) is 11.1 Å². The molecule has 138 valence electrons. The number of benzene rings is 3. The molecule has 0 bridgehead atoms. The second kappa shape index (κ2) is 6.90. The summed E-state index contributed by atoms with van der Waals surface area (Å²) in [5.41, 5.74) is 20.1. The smallest absolute Gasteiger partial charge is 0.0710 e. The Hall–Kier alpha value is -3.52. The first kappa shape index (κ1) is 17.9. The van der Waals surface area contributed by atoms with E-state index in [0.717, 1.165) is 11.3 Å². The molecule has 0 saturated carbocycles. The van der Waals surface area contributed by atoms with Crippen molar-refractivity contribution in [2.24, 2.45) is 5.73 Å². The van der Waals surface area contributed by atoms with Gasteiger partial charge in [-0.3, -0.25) is 0 Å². The van der Waals surface area contributed by atoms with E-state index in [1.165, 1.54) is 27.8 Å². The first-order chi connectivity index (χ1) is 13.6. The van der Waals surface area contributed by atoms with Gasteiger partial charge in [-0.15, -0.1) is 0 Å². The second-order valence-electron chi connectivity index (χ2n) is 7.12. The van der Waals surface area contributed by atoms with Gasteiger partial charge in [0, 0.05) is 11.4 Å². The van der Waals surface area contributed by atoms with E-state index in [-0.39, 0.29) is 0 Å². The SMILES string of the molecule is C=C(N)/C=C\C(=C/C)C1(c2ccc(N)cc2)c2ccccc2-c2ccccc21. The van der Waals surface area contributed by atoms with Crippen LogP contribution < -0.4 is 11.5 Å². The third-order valence-corrected chi connectivity index (χ3v) is 5.52. The summed E-state index contributed by atoms with van der Waals surface area (Å²) in [7, 11) is 0. The molecule has 0 spiro atoms. The molecule has 0 aliphatic heterocycles. The van der Waals surface area contributed by atoms with Crippen LogP contribution >= 0.6 is 0 Å². The van der Waals surface area contributed by atoms with Crippen molar-refractivity contribution in [1.29, 1.82) is 0 Å². The van der Waals surface area contributed by atoms with E-state index in [4.69, 9.17) is 11.5 Å². The van der Waals surface area contributed by atoms with E-state index in [9.17, 15) is 0 Å².